The Morgan fingerprint density at radius 2 is 0.920 bits per heavy atom. The molecule has 10 aromatic rings. The summed E-state index contributed by atoms with van der Waals surface area (Å²) in [5.41, 5.74) is 18.7. The first kappa shape index (κ1) is 97.3. The second-order valence-corrected chi connectivity index (χ2v) is 28.9. The van der Waals surface area contributed by atoms with Crippen molar-refractivity contribution >= 4 is 127 Å². The summed E-state index contributed by atoms with van der Waals surface area (Å²) in [6, 6.07) is 61.0. The van der Waals surface area contributed by atoms with E-state index in [4.69, 9.17) is 35.3 Å². The van der Waals surface area contributed by atoms with E-state index >= 15 is 0 Å². The summed E-state index contributed by atoms with van der Waals surface area (Å²) in [7, 11) is -3.62. The number of nitrogens with zero attached hydrogens (tertiary/aromatic N) is 6. The maximum atomic E-state index is 13.2. The first-order valence-corrected chi connectivity index (χ1v) is 43.4. The van der Waals surface area contributed by atoms with Gasteiger partial charge in [-0.15, -0.1) is 44.0 Å². The third-order valence-electron chi connectivity index (χ3n) is 13.7. The van der Waals surface area contributed by atoms with Gasteiger partial charge in [0.15, 0.2) is 40.7 Å². The van der Waals surface area contributed by atoms with Crippen LogP contribution in [-0.2, 0) is 65.9 Å². The van der Waals surface area contributed by atoms with Crippen LogP contribution in [0.1, 0.15) is 69.2 Å². The Kier molecular flexibility index (Phi) is 48.9. The number of esters is 1. The first-order chi connectivity index (χ1) is 53.9. The maximum absolute atomic E-state index is 13.2. The minimum absolute atomic E-state index is 0.0106. The molecule has 0 spiro atoms. The van der Waals surface area contributed by atoms with E-state index in [0.29, 0.717) is 74.8 Å². The molecule has 112 heavy (non-hydrogen) atoms. The lowest BCUT2D eigenvalue weighted by Crippen LogP contribution is -2.42. The van der Waals surface area contributed by atoms with E-state index in [1.807, 2.05) is 153 Å². The molecule has 0 saturated heterocycles. The number of carbonyl (C=O) groups excluding carboxylic acids is 4. The SMILES string of the molecule is CCOC(=O)CF.CSC(N)=[NH2+].CSOOc1ccc(-c2cc(CF)nc(NCc3ccccc3)n2)cc1.CSOOc1ccc(-c2cc(CF)nc(S(C)(=O)=O)n2)cc1.CSc1ccc(-c2cc(CF)nc(SC)n2)cc1.CSc1ccc(C(=O)CC(=O)CF)cc1.CSc1ccc(C(C)=O)cc1.NCc1ccccc1. The van der Waals surface area contributed by atoms with Crippen molar-refractivity contribution in [2.24, 2.45) is 11.5 Å². The molecule has 0 bridgehead atoms. The van der Waals surface area contributed by atoms with E-state index in [1.165, 1.54) is 44.9 Å². The topological polar surface area (TPSA) is 316 Å². The summed E-state index contributed by atoms with van der Waals surface area (Å²) in [5.74, 6) is -0.226. The summed E-state index contributed by atoms with van der Waals surface area (Å²) in [6.07, 6.45) is 13.8. The summed E-state index contributed by atoms with van der Waals surface area (Å²) in [4.78, 5) is 81.1. The van der Waals surface area contributed by atoms with Gasteiger partial charge in [0.05, 0.1) is 47.2 Å². The van der Waals surface area contributed by atoms with Crippen molar-refractivity contribution in [2.75, 3.05) is 75.3 Å². The fraction of sp³-hybridized carbons (Fsp3) is 0.244. The van der Waals surface area contributed by atoms with Crippen molar-refractivity contribution in [1.29, 1.82) is 0 Å². The number of Topliss-reactive ketones (excluding diaryl/α,β-unsaturated/α-hetero) is 3. The molecule has 0 unspecified atom stereocenters. The number of nitrogens with one attached hydrogen (secondary N) is 1. The van der Waals surface area contributed by atoms with Gasteiger partial charge < -0.3 is 25.6 Å². The van der Waals surface area contributed by atoms with Crippen LogP contribution in [0, 0.1) is 0 Å². The zero-order chi connectivity index (χ0) is 82.6. The summed E-state index contributed by atoms with van der Waals surface area (Å²) in [5, 5.41) is 8.73. The Bertz CT molecular complexity index is 4520. The van der Waals surface area contributed by atoms with E-state index < -0.39 is 60.1 Å². The van der Waals surface area contributed by atoms with Crippen molar-refractivity contribution in [3.8, 4) is 45.3 Å². The number of halogens is 5. The van der Waals surface area contributed by atoms with Gasteiger partial charge >= 0.3 is 5.97 Å². The number of amidine groups is 1. The van der Waals surface area contributed by atoms with Crippen LogP contribution in [0.3, 0.4) is 0 Å². The average Bonchev–Trinajstić information content (AvgIpc) is 0.801. The molecule has 3 heterocycles. The Hall–Kier alpha value is -8.94. The fourth-order valence-electron chi connectivity index (χ4n) is 8.22. The highest BCUT2D eigenvalue weighted by atomic mass is 32.2. The van der Waals surface area contributed by atoms with Crippen LogP contribution in [-0.4, -0.2) is 137 Å². The molecule has 7 aromatic carbocycles. The Morgan fingerprint density at radius 3 is 1.29 bits per heavy atom. The number of aromatic nitrogens is 6. The second-order valence-electron chi connectivity index (χ2n) is 21.8. The van der Waals surface area contributed by atoms with Crippen LogP contribution >= 0.6 is 82.9 Å². The first-order valence-electron chi connectivity index (χ1n) is 33.1. The van der Waals surface area contributed by atoms with Crippen LogP contribution in [0.2, 0.25) is 0 Å². The fourth-order valence-corrected chi connectivity index (χ4v) is 10.7. The lowest BCUT2D eigenvalue weighted by atomic mass is 10.1. The summed E-state index contributed by atoms with van der Waals surface area (Å²) in [6.45, 7) is 0.480. The molecule has 0 amide bonds. The van der Waals surface area contributed by atoms with E-state index in [0.717, 1.165) is 63.2 Å². The Balaban J connectivity index is 0.000000347. The van der Waals surface area contributed by atoms with Crippen LogP contribution in [0.15, 0.2) is 225 Å². The van der Waals surface area contributed by atoms with E-state index in [2.05, 4.69) is 40.0 Å². The number of hydrogen-bond acceptors (Lipinski definition) is 26. The number of rotatable bonds is 28. The highest BCUT2D eigenvalue weighted by molar-refractivity contribution is 8.12. The van der Waals surface area contributed by atoms with Gasteiger partial charge in [-0.1, -0.05) is 109 Å². The molecular formula is C78H88F5N10O11S8+. The van der Waals surface area contributed by atoms with E-state index in [9.17, 15) is 49.5 Å². The van der Waals surface area contributed by atoms with Gasteiger partial charge in [-0.3, -0.25) is 25.5 Å². The van der Waals surface area contributed by atoms with Crippen molar-refractivity contribution in [3.63, 3.8) is 0 Å². The smallest absolute Gasteiger partial charge is 0.337 e. The second kappa shape index (κ2) is 56.3. The number of alkyl halides is 5. The predicted molar refractivity (Wildman–Crippen MR) is 446 cm³/mol. The zero-order valence-electron chi connectivity index (χ0n) is 63.0. The van der Waals surface area contributed by atoms with E-state index in [1.54, 1.807) is 134 Å². The summed E-state index contributed by atoms with van der Waals surface area (Å²) < 4.78 is 98.7. The number of benzene rings is 7. The van der Waals surface area contributed by atoms with Crippen molar-refractivity contribution in [1.82, 2.24) is 29.9 Å². The number of hydrogen-bond donors (Lipinski definition) is 4. The quantitative estimate of drug-likeness (QED) is 0.00302. The largest absolute Gasteiger partial charge is 0.464 e. The molecule has 598 valence electrons. The van der Waals surface area contributed by atoms with Gasteiger partial charge in [-0.2, -0.15) is 0 Å². The number of anilines is 1. The molecule has 7 N–H and O–H groups in total. The number of sulfone groups is 1. The summed E-state index contributed by atoms with van der Waals surface area (Å²) >= 11 is 9.88. The Labute approximate surface area is 680 Å². The highest BCUT2D eigenvalue weighted by Gasteiger charge is 2.17. The van der Waals surface area contributed by atoms with Crippen molar-refractivity contribution < 1.29 is 78.1 Å². The molecule has 0 atom stereocenters. The van der Waals surface area contributed by atoms with Crippen molar-refractivity contribution in [2.45, 2.75) is 78.4 Å². The Morgan fingerprint density at radius 1 is 0.509 bits per heavy atom. The predicted octanol–water partition coefficient (Wildman–Crippen LogP) is 16.7. The molecule has 0 aliphatic carbocycles. The zero-order valence-corrected chi connectivity index (χ0v) is 69.5. The van der Waals surface area contributed by atoms with Crippen LogP contribution < -0.4 is 32.0 Å². The number of carbonyl (C=O) groups is 4. The minimum atomic E-state index is -3.62. The molecule has 0 fully saturated rings. The van der Waals surface area contributed by atoms with Crippen LogP contribution in [0.5, 0.6) is 11.5 Å². The maximum Gasteiger partial charge on any atom is 0.337 e. The molecule has 0 radical (unpaired) electrons. The highest BCUT2D eigenvalue weighted by Crippen LogP contribution is 2.28. The van der Waals surface area contributed by atoms with Crippen molar-refractivity contribution in [3.05, 3.63) is 240 Å². The van der Waals surface area contributed by atoms with Gasteiger partial charge in [0.1, 0.15) is 26.7 Å². The lowest BCUT2D eigenvalue weighted by Gasteiger charge is -2.09. The van der Waals surface area contributed by atoms with Crippen LogP contribution in [0.25, 0.3) is 33.8 Å². The normalized spacial score (nSPS) is 10.2. The molecule has 34 heteroatoms. The van der Waals surface area contributed by atoms with Gasteiger partial charge in [0.2, 0.25) is 20.9 Å². The number of thioether (sulfide) groups is 5. The standard InChI is InChI=1S/C19H18FN3O2S.C13H13FN2O4S2.C13H13FN2S2.C11H11FO2S.C9H10OS.C7H9N.C4H7FO2.C2H6N2S/c1-26-25-24-17-9-7-15(8-10-17)18-11-16(12-20)22-19(23-18)21-13-14-5-3-2-4-6-14;1-21-20-19-11-5-3-9(4-6-11)12-7-10(8-14)15-13(16-12)22(2,17)18;1-17-11-5-3-9(4-6-11)12-7-10(8-14)15-13(16-12)18-2;1-15-10-4-2-8(3-5-10)11(14)6-9(13)7-12;1-7(10)8-3-5-9(11-2)6-4-8;8-6-7-4-2-1-3-5-7;1-2-7-4(6)3-5;1-5-2(3)4/h2-11H,12-13H2,1H3,(H,21,22,23);3-7H,8H2,1-2H3;3-7H,8H2,1-2H3;2-5H,6-7H2,1H3;3-6H,1-2H3;1-5H,6,8H2;2-3H2,1H3;1H3,(H3,3,4)/p+1. The average molecular weight is 1690 g/mol. The van der Waals surface area contributed by atoms with Gasteiger partial charge in [0.25, 0.3) is 5.17 Å². The molecule has 10 rings (SSSR count). The molecule has 3 aromatic heterocycles. The lowest BCUT2D eigenvalue weighted by molar-refractivity contribution is -0.144. The van der Waals surface area contributed by atoms with Gasteiger partial charge in [0, 0.05) is 98.4 Å². The number of ether oxygens (including phenoxy) is 1. The van der Waals surface area contributed by atoms with E-state index in [-0.39, 0.29) is 30.3 Å². The molecule has 0 aliphatic heterocycles. The monoisotopic (exact) mass is 1690 g/mol. The third kappa shape index (κ3) is 39.0. The molecule has 0 aliphatic rings. The third-order valence-corrected chi connectivity index (χ3v) is 18.2. The molecule has 0 saturated carbocycles. The number of ketones is 3. The number of nitrogens with two attached hydrogens (primary N) is 3. The molecule has 21 nitrogen and oxygen atoms in total. The van der Waals surface area contributed by atoms with Gasteiger partial charge in [-0.25, -0.2) is 65.1 Å². The molecular weight excluding hydrogens is 1600 g/mol. The van der Waals surface area contributed by atoms with Gasteiger partial charge in [-0.05, 0) is 171 Å². The minimum Gasteiger partial charge on any atom is -0.464 e. The van der Waals surface area contributed by atoms with Crippen LogP contribution in [0.4, 0.5) is 27.9 Å².